The highest BCUT2D eigenvalue weighted by molar-refractivity contribution is 9.10. The Morgan fingerprint density at radius 2 is 2.36 bits per heavy atom. The highest BCUT2D eigenvalue weighted by Crippen LogP contribution is 2.09. The fraction of sp³-hybridized carbons (Fsp3) is 0.333. The standard InChI is InChI=1S/C9H12BrN3O/c1-11-9(14)5-6-12-8-4-2-3-7(10)13-8/h2-4H,5-6H2,1H3,(H,11,14)(H,12,13). The van der Waals surface area contributed by atoms with E-state index in [-0.39, 0.29) is 5.91 Å². The molecule has 1 heterocycles. The summed E-state index contributed by atoms with van der Waals surface area (Å²) in [7, 11) is 1.62. The third-order valence-corrected chi connectivity index (χ3v) is 2.09. The monoisotopic (exact) mass is 257 g/mol. The van der Waals surface area contributed by atoms with Crippen molar-refractivity contribution in [2.45, 2.75) is 6.42 Å². The number of aromatic nitrogens is 1. The molecule has 1 amide bonds. The van der Waals surface area contributed by atoms with Gasteiger partial charge in [0.2, 0.25) is 5.91 Å². The van der Waals surface area contributed by atoms with Crippen LogP contribution in [0.4, 0.5) is 5.82 Å². The lowest BCUT2D eigenvalue weighted by Crippen LogP contribution is -2.20. The van der Waals surface area contributed by atoms with Crippen molar-refractivity contribution in [2.24, 2.45) is 0 Å². The van der Waals surface area contributed by atoms with Gasteiger partial charge in [-0.25, -0.2) is 4.98 Å². The van der Waals surface area contributed by atoms with Crippen molar-refractivity contribution in [3.63, 3.8) is 0 Å². The van der Waals surface area contributed by atoms with E-state index in [9.17, 15) is 4.79 Å². The van der Waals surface area contributed by atoms with Crippen LogP contribution in [0.15, 0.2) is 22.8 Å². The van der Waals surface area contributed by atoms with Crippen LogP contribution in [0.1, 0.15) is 6.42 Å². The molecule has 4 nitrogen and oxygen atoms in total. The highest BCUT2D eigenvalue weighted by atomic mass is 79.9. The minimum atomic E-state index is 0.0208. The molecular weight excluding hydrogens is 246 g/mol. The maximum Gasteiger partial charge on any atom is 0.221 e. The summed E-state index contributed by atoms with van der Waals surface area (Å²) in [6.07, 6.45) is 0.449. The van der Waals surface area contributed by atoms with Crippen molar-refractivity contribution in [3.05, 3.63) is 22.8 Å². The summed E-state index contributed by atoms with van der Waals surface area (Å²) in [6.45, 7) is 0.586. The van der Waals surface area contributed by atoms with Crippen LogP contribution in [0.25, 0.3) is 0 Å². The second kappa shape index (κ2) is 5.59. The van der Waals surface area contributed by atoms with Gasteiger partial charge in [-0.2, -0.15) is 0 Å². The van der Waals surface area contributed by atoms with Gasteiger partial charge in [-0.05, 0) is 28.1 Å². The van der Waals surface area contributed by atoms with Gasteiger partial charge < -0.3 is 10.6 Å². The van der Waals surface area contributed by atoms with Gasteiger partial charge in [-0.15, -0.1) is 0 Å². The molecule has 0 aliphatic rings. The van der Waals surface area contributed by atoms with Crippen LogP contribution >= 0.6 is 15.9 Å². The second-order valence-corrected chi connectivity index (χ2v) is 3.51. The molecule has 0 saturated carbocycles. The molecule has 0 atom stereocenters. The summed E-state index contributed by atoms with van der Waals surface area (Å²) >= 11 is 3.27. The molecule has 0 spiro atoms. The van der Waals surface area contributed by atoms with Gasteiger partial charge >= 0.3 is 0 Å². The maximum atomic E-state index is 10.9. The fourth-order valence-corrected chi connectivity index (χ4v) is 1.28. The van der Waals surface area contributed by atoms with E-state index in [4.69, 9.17) is 0 Å². The summed E-state index contributed by atoms with van der Waals surface area (Å²) in [5, 5.41) is 5.60. The van der Waals surface area contributed by atoms with Crippen molar-refractivity contribution in [1.82, 2.24) is 10.3 Å². The number of hydrogen-bond acceptors (Lipinski definition) is 3. The van der Waals surface area contributed by atoms with Crippen LogP contribution in [0.3, 0.4) is 0 Å². The van der Waals surface area contributed by atoms with E-state index < -0.39 is 0 Å². The summed E-state index contributed by atoms with van der Waals surface area (Å²) in [4.78, 5) is 15.1. The van der Waals surface area contributed by atoms with Crippen LogP contribution in [-0.2, 0) is 4.79 Å². The Balaban J connectivity index is 2.35. The summed E-state index contributed by atoms with van der Waals surface area (Å²) in [5.74, 6) is 0.788. The van der Waals surface area contributed by atoms with E-state index in [0.717, 1.165) is 10.4 Å². The van der Waals surface area contributed by atoms with Crippen molar-refractivity contribution in [2.75, 3.05) is 18.9 Å². The van der Waals surface area contributed by atoms with Crippen molar-refractivity contribution in [3.8, 4) is 0 Å². The molecule has 0 radical (unpaired) electrons. The largest absolute Gasteiger partial charge is 0.370 e. The molecule has 1 aromatic rings. The van der Waals surface area contributed by atoms with Crippen LogP contribution in [0.2, 0.25) is 0 Å². The highest BCUT2D eigenvalue weighted by Gasteiger charge is 1.98. The van der Waals surface area contributed by atoms with E-state index in [1.165, 1.54) is 0 Å². The lowest BCUT2D eigenvalue weighted by Gasteiger charge is -2.04. The van der Waals surface area contributed by atoms with Crippen molar-refractivity contribution < 1.29 is 4.79 Å². The summed E-state index contributed by atoms with van der Waals surface area (Å²) in [5.41, 5.74) is 0. The number of nitrogens with zero attached hydrogens (tertiary/aromatic N) is 1. The Bertz CT molecular complexity index is 317. The molecule has 0 aliphatic carbocycles. The third kappa shape index (κ3) is 3.74. The maximum absolute atomic E-state index is 10.9. The Kier molecular flexibility index (Phi) is 4.39. The Morgan fingerprint density at radius 3 is 3.00 bits per heavy atom. The Labute approximate surface area is 91.2 Å². The Hall–Kier alpha value is -1.10. The topological polar surface area (TPSA) is 54.0 Å². The predicted octanol–water partition coefficient (Wildman–Crippen LogP) is 1.39. The van der Waals surface area contributed by atoms with E-state index >= 15 is 0 Å². The van der Waals surface area contributed by atoms with E-state index in [2.05, 4.69) is 31.5 Å². The molecule has 2 N–H and O–H groups in total. The van der Waals surface area contributed by atoms with Gasteiger partial charge in [0.25, 0.3) is 0 Å². The van der Waals surface area contributed by atoms with Crippen molar-refractivity contribution >= 4 is 27.7 Å². The number of anilines is 1. The van der Waals surface area contributed by atoms with E-state index in [1.54, 1.807) is 7.05 Å². The van der Waals surface area contributed by atoms with Crippen LogP contribution < -0.4 is 10.6 Å². The molecule has 0 bridgehead atoms. The molecule has 0 aromatic carbocycles. The molecular formula is C9H12BrN3O. The fourth-order valence-electron chi connectivity index (χ4n) is 0.936. The normalized spacial score (nSPS) is 9.57. The van der Waals surface area contributed by atoms with Gasteiger partial charge in [-0.1, -0.05) is 6.07 Å². The number of rotatable bonds is 4. The van der Waals surface area contributed by atoms with Gasteiger partial charge in [-0.3, -0.25) is 4.79 Å². The molecule has 0 unspecified atom stereocenters. The average molecular weight is 258 g/mol. The number of carbonyl (C=O) groups is 1. The zero-order chi connectivity index (χ0) is 10.4. The molecule has 1 aromatic heterocycles. The third-order valence-electron chi connectivity index (χ3n) is 1.65. The number of carbonyl (C=O) groups excluding carboxylic acids is 1. The Morgan fingerprint density at radius 1 is 1.57 bits per heavy atom. The first-order valence-corrected chi connectivity index (χ1v) is 5.08. The van der Waals surface area contributed by atoms with Gasteiger partial charge in [0.1, 0.15) is 10.4 Å². The van der Waals surface area contributed by atoms with Crippen molar-refractivity contribution in [1.29, 1.82) is 0 Å². The minimum Gasteiger partial charge on any atom is -0.370 e. The van der Waals surface area contributed by atoms with Gasteiger partial charge in [0.05, 0.1) is 0 Å². The molecule has 5 heteroatoms. The number of hydrogen-bond donors (Lipinski definition) is 2. The predicted molar refractivity (Wildman–Crippen MR) is 59.1 cm³/mol. The number of pyridine rings is 1. The average Bonchev–Trinajstić information content (AvgIpc) is 2.17. The minimum absolute atomic E-state index is 0.0208. The lowest BCUT2D eigenvalue weighted by atomic mass is 10.4. The smallest absolute Gasteiger partial charge is 0.221 e. The van der Waals surface area contributed by atoms with Crippen LogP contribution in [-0.4, -0.2) is 24.5 Å². The quantitative estimate of drug-likeness (QED) is 0.802. The number of halogens is 1. The zero-order valence-electron chi connectivity index (χ0n) is 7.88. The van der Waals surface area contributed by atoms with Gasteiger partial charge in [0.15, 0.2) is 0 Å². The molecule has 76 valence electrons. The van der Waals surface area contributed by atoms with Crippen LogP contribution in [0.5, 0.6) is 0 Å². The lowest BCUT2D eigenvalue weighted by molar-refractivity contribution is -0.120. The first-order valence-electron chi connectivity index (χ1n) is 4.29. The number of amides is 1. The SMILES string of the molecule is CNC(=O)CCNc1cccc(Br)n1. The first-order chi connectivity index (χ1) is 6.72. The molecule has 1 rings (SSSR count). The van der Waals surface area contributed by atoms with E-state index in [0.29, 0.717) is 13.0 Å². The summed E-state index contributed by atoms with van der Waals surface area (Å²) in [6, 6.07) is 5.60. The van der Waals surface area contributed by atoms with E-state index in [1.807, 2.05) is 18.2 Å². The molecule has 14 heavy (non-hydrogen) atoms. The first kappa shape index (κ1) is 11.0. The zero-order valence-corrected chi connectivity index (χ0v) is 9.47. The van der Waals surface area contributed by atoms with Crippen LogP contribution in [0, 0.1) is 0 Å². The van der Waals surface area contributed by atoms with Gasteiger partial charge in [0, 0.05) is 20.0 Å². The molecule has 0 saturated heterocycles. The second-order valence-electron chi connectivity index (χ2n) is 2.70. The molecule has 0 fully saturated rings. The molecule has 0 aliphatic heterocycles. The number of nitrogens with one attached hydrogen (secondary N) is 2. The summed E-state index contributed by atoms with van der Waals surface area (Å²) < 4.78 is 0.780.